The Balaban J connectivity index is 2.65. The third-order valence-electron chi connectivity index (χ3n) is 5.82. The molecule has 4 heteroatoms. The van der Waals surface area contributed by atoms with E-state index in [4.69, 9.17) is 14.2 Å². The Hall–Kier alpha value is -0.870. The van der Waals surface area contributed by atoms with Crippen molar-refractivity contribution in [3.8, 4) is 0 Å². The predicted molar refractivity (Wildman–Crippen MR) is 106 cm³/mol. The van der Waals surface area contributed by atoms with E-state index in [2.05, 4.69) is 48.1 Å². The summed E-state index contributed by atoms with van der Waals surface area (Å²) < 4.78 is 17.7. The van der Waals surface area contributed by atoms with Crippen molar-refractivity contribution < 1.29 is 19.0 Å². The fraction of sp³-hybridized carbons (Fsp3) is 0.864. The molecule has 0 aromatic heterocycles. The molecule has 0 aromatic rings. The van der Waals surface area contributed by atoms with Crippen LogP contribution in [0.5, 0.6) is 0 Å². The van der Waals surface area contributed by atoms with Gasteiger partial charge in [-0.05, 0) is 37.0 Å². The van der Waals surface area contributed by atoms with Crippen molar-refractivity contribution in [2.45, 2.75) is 105 Å². The van der Waals surface area contributed by atoms with Gasteiger partial charge >= 0.3 is 5.97 Å². The van der Waals surface area contributed by atoms with Crippen molar-refractivity contribution in [1.82, 2.24) is 0 Å². The molecule has 1 rings (SSSR count). The molecule has 1 aliphatic rings. The van der Waals surface area contributed by atoms with Crippen LogP contribution in [0.1, 0.15) is 87.0 Å². The predicted octanol–water partition coefficient (Wildman–Crippen LogP) is 5.65. The van der Waals surface area contributed by atoms with Crippen LogP contribution < -0.4 is 0 Å². The largest absolute Gasteiger partial charge is 0.462 e. The average molecular weight is 369 g/mol. The highest BCUT2D eigenvalue weighted by Gasteiger charge is 2.39. The summed E-state index contributed by atoms with van der Waals surface area (Å²) in [4.78, 5) is 11.5. The molecule has 152 valence electrons. The normalized spacial score (nSPS) is 24.3. The topological polar surface area (TPSA) is 44.8 Å². The van der Waals surface area contributed by atoms with Crippen LogP contribution in [-0.2, 0) is 19.0 Å². The van der Waals surface area contributed by atoms with Crippen LogP contribution in [0.25, 0.3) is 0 Å². The van der Waals surface area contributed by atoms with Crippen molar-refractivity contribution in [3.05, 3.63) is 12.2 Å². The lowest BCUT2D eigenvalue weighted by Crippen LogP contribution is -2.46. The van der Waals surface area contributed by atoms with E-state index in [-0.39, 0.29) is 35.3 Å². The third-order valence-corrected chi connectivity index (χ3v) is 5.82. The van der Waals surface area contributed by atoms with Crippen molar-refractivity contribution in [3.63, 3.8) is 0 Å². The molecule has 4 nitrogen and oxygen atoms in total. The summed E-state index contributed by atoms with van der Waals surface area (Å²) in [6.07, 6.45) is 5.87. The minimum Gasteiger partial charge on any atom is -0.462 e. The Kier molecular flexibility index (Phi) is 8.81. The van der Waals surface area contributed by atoms with Crippen LogP contribution in [0.4, 0.5) is 0 Å². The molecular weight excluding hydrogens is 328 g/mol. The summed E-state index contributed by atoms with van der Waals surface area (Å²) in [6, 6.07) is 0. The first kappa shape index (κ1) is 23.2. The van der Waals surface area contributed by atoms with E-state index in [1.807, 2.05) is 0 Å². The van der Waals surface area contributed by atoms with Gasteiger partial charge in [0, 0.05) is 18.4 Å². The summed E-state index contributed by atoms with van der Waals surface area (Å²) in [5.74, 6) is -0.331. The van der Waals surface area contributed by atoms with E-state index >= 15 is 0 Å². The molecule has 1 fully saturated rings. The van der Waals surface area contributed by atoms with Gasteiger partial charge in [-0.15, -0.1) is 0 Å². The maximum atomic E-state index is 11.5. The lowest BCUT2D eigenvalue weighted by molar-refractivity contribution is -0.270. The van der Waals surface area contributed by atoms with E-state index in [0.29, 0.717) is 12.2 Å². The smallest absolute Gasteiger partial charge is 0.333 e. The number of ether oxygens (including phenoxy) is 3. The molecule has 0 N–H and O–H groups in total. The standard InChI is InChI=1S/C22H40O4/c1-9-21(5,6)15-17-14-18(22(7,8)10-2)26-19(25-17)12-11-13-24-20(23)16(3)4/h17-19H,3,9-15H2,1-2,4-8H3. The molecular formula is C22H40O4. The van der Waals surface area contributed by atoms with Crippen LogP contribution in [0.15, 0.2) is 12.2 Å². The molecule has 0 aromatic carbocycles. The Labute approximate surface area is 160 Å². The zero-order chi connectivity index (χ0) is 20.0. The fourth-order valence-corrected chi connectivity index (χ4v) is 3.08. The number of rotatable bonds is 10. The Morgan fingerprint density at radius 3 is 2.35 bits per heavy atom. The summed E-state index contributed by atoms with van der Waals surface area (Å²) in [7, 11) is 0. The van der Waals surface area contributed by atoms with E-state index < -0.39 is 0 Å². The zero-order valence-corrected chi connectivity index (χ0v) is 18.0. The van der Waals surface area contributed by atoms with Crippen LogP contribution in [0.2, 0.25) is 0 Å². The lowest BCUT2D eigenvalue weighted by atomic mass is 9.77. The Bertz CT molecular complexity index is 467. The highest BCUT2D eigenvalue weighted by Crippen LogP contribution is 2.39. The fourth-order valence-electron chi connectivity index (χ4n) is 3.08. The van der Waals surface area contributed by atoms with Crippen LogP contribution in [0, 0.1) is 10.8 Å². The number of carbonyl (C=O) groups is 1. The lowest BCUT2D eigenvalue weighted by Gasteiger charge is -2.44. The summed E-state index contributed by atoms with van der Waals surface area (Å²) >= 11 is 0. The van der Waals surface area contributed by atoms with Gasteiger partial charge in [-0.2, -0.15) is 0 Å². The first-order valence-electron chi connectivity index (χ1n) is 10.1. The van der Waals surface area contributed by atoms with Gasteiger partial charge in [-0.1, -0.05) is 54.5 Å². The molecule has 0 aliphatic carbocycles. The molecule has 0 spiro atoms. The molecule has 1 saturated heterocycles. The third kappa shape index (κ3) is 7.40. The first-order chi connectivity index (χ1) is 12.0. The summed E-state index contributed by atoms with van der Waals surface area (Å²) in [6.45, 7) is 19.2. The second-order valence-electron chi connectivity index (χ2n) is 9.17. The summed E-state index contributed by atoms with van der Waals surface area (Å²) in [5.41, 5.74) is 0.829. The van der Waals surface area contributed by atoms with Gasteiger partial charge in [0.1, 0.15) is 0 Å². The maximum absolute atomic E-state index is 11.5. The van der Waals surface area contributed by atoms with Gasteiger partial charge < -0.3 is 14.2 Å². The van der Waals surface area contributed by atoms with Crippen LogP contribution in [-0.4, -0.2) is 31.1 Å². The second kappa shape index (κ2) is 9.89. The average Bonchev–Trinajstić information content (AvgIpc) is 2.57. The number of hydrogen-bond acceptors (Lipinski definition) is 4. The van der Waals surface area contributed by atoms with Crippen molar-refractivity contribution in [2.24, 2.45) is 10.8 Å². The molecule has 1 heterocycles. The van der Waals surface area contributed by atoms with Gasteiger partial charge in [-0.3, -0.25) is 0 Å². The molecule has 3 unspecified atom stereocenters. The van der Waals surface area contributed by atoms with Gasteiger partial charge in [0.05, 0.1) is 18.8 Å². The minimum atomic E-state index is -0.331. The van der Waals surface area contributed by atoms with Gasteiger partial charge in [0.15, 0.2) is 6.29 Å². The quantitative estimate of drug-likeness (QED) is 0.284. The van der Waals surface area contributed by atoms with E-state index in [9.17, 15) is 4.79 Å². The van der Waals surface area contributed by atoms with Crippen molar-refractivity contribution in [1.29, 1.82) is 0 Å². The highest BCUT2D eigenvalue weighted by molar-refractivity contribution is 5.86. The van der Waals surface area contributed by atoms with Crippen molar-refractivity contribution >= 4 is 5.97 Å². The Morgan fingerprint density at radius 1 is 1.15 bits per heavy atom. The van der Waals surface area contributed by atoms with Crippen LogP contribution >= 0.6 is 0 Å². The Morgan fingerprint density at radius 2 is 1.81 bits per heavy atom. The monoisotopic (exact) mass is 368 g/mol. The maximum Gasteiger partial charge on any atom is 0.333 e. The second-order valence-corrected chi connectivity index (χ2v) is 9.17. The van der Waals surface area contributed by atoms with Gasteiger partial charge in [-0.25, -0.2) is 4.79 Å². The minimum absolute atomic E-state index is 0.128. The molecule has 0 amide bonds. The highest BCUT2D eigenvalue weighted by atomic mass is 16.7. The number of carbonyl (C=O) groups excluding carboxylic acids is 1. The van der Waals surface area contributed by atoms with E-state index in [1.54, 1.807) is 6.92 Å². The van der Waals surface area contributed by atoms with Gasteiger partial charge in [0.25, 0.3) is 0 Å². The molecule has 0 bridgehead atoms. The molecule has 1 aliphatic heterocycles. The zero-order valence-electron chi connectivity index (χ0n) is 18.0. The van der Waals surface area contributed by atoms with Crippen LogP contribution in [0.3, 0.4) is 0 Å². The molecule has 0 radical (unpaired) electrons. The molecule has 0 saturated carbocycles. The first-order valence-corrected chi connectivity index (χ1v) is 10.1. The van der Waals surface area contributed by atoms with E-state index in [0.717, 1.165) is 38.5 Å². The SMILES string of the molecule is C=C(C)C(=O)OCCCC1OC(CC(C)(C)CC)CC(C(C)(C)CC)O1. The number of esters is 1. The number of hydrogen-bond donors (Lipinski definition) is 0. The summed E-state index contributed by atoms with van der Waals surface area (Å²) in [5, 5.41) is 0. The van der Waals surface area contributed by atoms with Gasteiger partial charge in [0.2, 0.25) is 0 Å². The molecule has 26 heavy (non-hydrogen) atoms. The van der Waals surface area contributed by atoms with Crippen molar-refractivity contribution in [2.75, 3.05) is 6.61 Å². The molecule has 3 atom stereocenters. The van der Waals surface area contributed by atoms with E-state index in [1.165, 1.54) is 0 Å².